The summed E-state index contributed by atoms with van der Waals surface area (Å²) in [4.78, 5) is 0. The smallest absolute Gasteiger partial charge is 0.0103 e. The van der Waals surface area contributed by atoms with Gasteiger partial charge in [0.05, 0.1) is 0 Å². The predicted molar refractivity (Wildman–Crippen MR) is 39.1 cm³/mol. The molecule has 0 amide bonds. The Morgan fingerprint density at radius 1 is 1.67 bits per heavy atom. The molecule has 0 radical (unpaired) electrons. The lowest BCUT2D eigenvalue weighted by Gasteiger charge is -2.33. The minimum Gasteiger partial charge on any atom is -0.0881 e. The van der Waals surface area contributed by atoms with Gasteiger partial charge in [-0.15, -0.1) is 0 Å². The van der Waals surface area contributed by atoms with Crippen LogP contribution in [0.25, 0.3) is 0 Å². The van der Waals surface area contributed by atoms with Crippen LogP contribution in [0.2, 0.25) is 0 Å². The van der Waals surface area contributed by atoms with Gasteiger partial charge >= 0.3 is 0 Å². The Labute approximate surface area is 56.3 Å². The van der Waals surface area contributed by atoms with E-state index in [0.29, 0.717) is 0 Å². The maximum absolute atomic E-state index is 2.37. The third kappa shape index (κ3) is 0.592. The first kappa shape index (κ1) is 5.28. The zero-order chi connectivity index (χ0) is 6.27. The Hall–Kier alpha value is -0.520. The second-order valence-electron chi connectivity index (χ2n) is 3.00. The van der Waals surface area contributed by atoms with Crippen LogP contribution >= 0.6 is 0 Å². The van der Waals surface area contributed by atoms with Gasteiger partial charge in [-0.3, -0.25) is 0 Å². The average molecular weight is 120 g/mol. The fourth-order valence-corrected chi connectivity index (χ4v) is 1.94. The monoisotopic (exact) mass is 120 g/mol. The first-order valence-electron chi connectivity index (χ1n) is 3.73. The third-order valence-electron chi connectivity index (χ3n) is 2.61. The SMILES string of the molecule is C/C=C1\CC2C=CCC12. The quantitative estimate of drug-likeness (QED) is 0.431. The zero-order valence-corrected chi connectivity index (χ0v) is 5.80. The van der Waals surface area contributed by atoms with E-state index in [1.54, 1.807) is 5.57 Å². The highest BCUT2D eigenvalue weighted by Crippen LogP contribution is 2.46. The summed E-state index contributed by atoms with van der Waals surface area (Å²) in [7, 11) is 0. The molecule has 0 aromatic rings. The minimum atomic E-state index is 0.926. The average Bonchev–Trinajstić information content (AvgIpc) is 2.14. The van der Waals surface area contributed by atoms with Crippen LogP contribution in [-0.4, -0.2) is 0 Å². The maximum Gasteiger partial charge on any atom is -0.0103 e. The van der Waals surface area contributed by atoms with Crippen LogP contribution in [0.15, 0.2) is 23.8 Å². The third-order valence-corrected chi connectivity index (χ3v) is 2.61. The highest BCUT2D eigenvalue weighted by Gasteiger charge is 2.35. The minimum absolute atomic E-state index is 0.926. The van der Waals surface area contributed by atoms with Crippen molar-refractivity contribution in [1.29, 1.82) is 0 Å². The molecule has 0 bridgehead atoms. The normalized spacial score (nSPS) is 43.0. The van der Waals surface area contributed by atoms with E-state index < -0.39 is 0 Å². The van der Waals surface area contributed by atoms with Gasteiger partial charge in [-0.25, -0.2) is 0 Å². The molecule has 2 unspecified atom stereocenters. The summed E-state index contributed by atoms with van der Waals surface area (Å²) in [5.74, 6) is 1.85. The van der Waals surface area contributed by atoms with Gasteiger partial charge in [0.1, 0.15) is 0 Å². The molecule has 1 saturated carbocycles. The lowest BCUT2D eigenvalue weighted by molar-refractivity contribution is 0.365. The molecule has 48 valence electrons. The molecule has 0 spiro atoms. The fraction of sp³-hybridized carbons (Fsp3) is 0.556. The molecule has 0 aromatic heterocycles. The van der Waals surface area contributed by atoms with Crippen LogP contribution in [0.3, 0.4) is 0 Å². The highest BCUT2D eigenvalue weighted by atomic mass is 14.4. The van der Waals surface area contributed by atoms with Crippen molar-refractivity contribution in [2.24, 2.45) is 11.8 Å². The van der Waals surface area contributed by atoms with Crippen LogP contribution in [0.5, 0.6) is 0 Å². The molecule has 2 aliphatic carbocycles. The van der Waals surface area contributed by atoms with Crippen molar-refractivity contribution in [1.82, 2.24) is 0 Å². The summed E-state index contributed by atoms with van der Waals surface area (Å²) in [6, 6.07) is 0. The molecule has 0 nitrogen and oxygen atoms in total. The highest BCUT2D eigenvalue weighted by molar-refractivity contribution is 5.27. The summed E-state index contributed by atoms with van der Waals surface area (Å²) < 4.78 is 0. The van der Waals surface area contributed by atoms with E-state index in [-0.39, 0.29) is 0 Å². The Morgan fingerprint density at radius 2 is 2.56 bits per heavy atom. The maximum atomic E-state index is 2.37. The molecule has 0 saturated heterocycles. The second kappa shape index (κ2) is 1.73. The summed E-state index contributed by atoms with van der Waals surface area (Å²) in [5.41, 5.74) is 1.69. The molecule has 0 N–H and O–H groups in total. The zero-order valence-electron chi connectivity index (χ0n) is 5.80. The van der Waals surface area contributed by atoms with Gasteiger partial charge in [-0.1, -0.05) is 23.8 Å². The van der Waals surface area contributed by atoms with E-state index in [0.717, 1.165) is 11.8 Å². The fourth-order valence-electron chi connectivity index (χ4n) is 1.94. The summed E-state index contributed by atoms with van der Waals surface area (Å²) in [6.07, 6.45) is 9.64. The lowest BCUT2D eigenvalue weighted by atomic mass is 9.71. The van der Waals surface area contributed by atoms with E-state index in [9.17, 15) is 0 Å². The molecule has 0 aromatic carbocycles. The molecule has 1 fully saturated rings. The second-order valence-corrected chi connectivity index (χ2v) is 3.00. The van der Waals surface area contributed by atoms with E-state index in [2.05, 4.69) is 25.2 Å². The van der Waals surface area contributed by atoms with Crippen molar-refractivity contribution < 1.29 is 0 Å². The van der Waals surface area contributed by atoms with Gasteiger partial charge in [-0.05, 0) is 31.6 Å². The Balaban J connectivity index is 2.13. The predicted octanol–water partition coefficient (Wildman–Crippen LogP) is 2.53. The summed E-state index contributed by atoms with van der Waals surface area (Å²) >= 11 is 0. The first-order valence-corrected chi connectivity index (χ1v) is 3.73. The van der Waals surface area contributed by atoms with Gasteiger partial charge in [0.25, 0.3) is 0 Å². The molecule has 0 heteroatoms. The van der Waals surface area contributed by atoms with Crippen LogP contribution in [-0.2, 0) is 0 Å². The van der Waals surface area contributed by atoms with Crippen molar-refractivity contribution in [2.45, 2.75) is 19.8 Å². The standard InChI is InChI=1S/C9H12/c1-2-7-6-8-4-3-5-9(7)8/h2-4,8-9H,5-6H2,1H3/b7-2+. The van der Waals surface area contributed by atoms with Crippen LogP contribution < -0.4 is 0 Å². The van der Waals surface area contributed by atoms with Crippen molar-refractivity contribution in [3.8, 4) is 0 Å². The topological polar surface area (TPSA) is 0 Å². The molecule has 9 heavy (non-hydrogen) atoms. The number of rotatable bonds is 0. The molecule has 2 atom stereocenters. The van der Waals surface area contributed by atoms with Gasteiger partial charge in [0.2, 0.25) is 0 Å². The Bertz CT molecular complexity index is 174. The van der Waals surface area contributed by atoms with Crippen molar-refractivity contribution in [3.05, 3.63) is 23.8 Å². The first-order chi connectivity index (χ1) is 4.42. The number of allylic oxidation sites excluding steroid dienone is 4. The van der Waals surface area contributed by atoms with Crippen molar-refractivity contribution in [3.63, 3.8) is 0 Å². The summed E-state index contributed by atoms with van der Waals surface area (Å²) in [6.45, 7) is 2.16. The number of hydrogen-bond donors (Lipinski definition) is 0. The number of fused-ring (bicyclic) bond motifs is 1. The van der Waals surface area contributed by atoms with E-state index >= 15 is 0 Å². The molecule has 0 aliphatic heterocycles. The van der Waals surface area contributed by atoms with Crippen molar-refractivity contribution in [2.75, 3.05) is 0 Å². The lowest BCUT2D eigenvalue weighted by Crippen LogP contribution is -2.23. The van der Waals surface area contributed by atoms with E-state index in [1.165, 1.54) is 12.8 Å². The van der Waals surface area contributed by atoms with E-state index in [1.807, 2.05) is 0 Å². The molecule has 2 rings (SSSR count). The number of hydrogen-bond acceptors (Lipinski definition) is 0. The van der Waals surface area contributed by atoms with Gasteiger partial charge in [0.15, 0.2) is 0 Å². The molecule has 2 aliphatic rings. The van der Waals surface area contributed by atoms with Crippen LogP contribution in [0.4, 0.5) is 0 Å². The molecular weight excluding hydrogens is 108 g/mol. The Morgan fingerprint density at radius 3 is 3.22 bits per heavy atom. The molecular formula is C9H12. The molecule has 0 heterocycles. The van der Waals surface area contributed by atoms with Gasteiger partial charge in [0, 0.05) is 0 Å². The van der Waals surface area contributed by atoms with E-state index in [4.69, 9.17) is 0 Å². The summed E-state index contributed by atoms with van der Waals surface area (Å²) in [5, 5.41) is 0. The van der Waals surface area contributed by atoms with Crippen LogP contribution in [0.1, 0.15) is 19.8 Å². The largest absolute Gasteiger partial charge is 0.0881 e. The van der Waals surface area contributed by atoms with Gasteiger partial charge in [-0.2, -0.15) is 0 Å². The Kier molecular flexibility index (Phi) is 1.01. The van der Waals surface area contributed by atoms with Crippen LogP contribution in [0, 0.1) is 11.8 Å². The van der Waals surface area contributed by atoms with Gasteiger partial charge < -0.3 is 0 Å². The van der Waals surface area contributed by atoms with Crippen molar-refractivity contribution >= 4 is 0 Å².